The second-order valence-corrected chi connectivity index (χ2v) is 10.2. The molecule has 1 fully saturated rings. The van der Waals surface area contributed by atoms with Gasteiger partial charge in [0.2, 0.25) is 5.91 Å². The van der Waals surface area contributed by atoms with Gasteiger partial charge in [0.05, 0.1) is 5.41 Å². The quantitative estimate of drug-likeness (QED) is 0.643. The molecule has 33 heavy (non-hydrogen) atoms. The Hall–Kier alpha value is -2.50. The van der Waals surface area contributed by atoms with Crippen molar-refractivity contribution in [2.45, 2.75) is 51.0 Å². The first-order chi connectivity index (χ1) is 15.9. The molecular formula is C27H32ClN3O2. The van der Waals surface area contributed by atoms with Crippen molar-refractivity contribution in [3.05, 3.63) is 64.8 Å². The van der Waals surface area contributed by atoms with Crippen LogP contribution in [-0.2, 0) is 16.6 Å². The lowest BCUT2D eigenvalue weighted by atomic mass is 9.73. The molecular weight excluding hydrogens is 434 g/mol. The lowest BCUT2D eigenvalue weighted by molar-refractivity contribution is -0.122. The Kier molecular flexibility index (Phi) is 5.87. The highest BCUT2D eigenvalue weighted by Gasteiger charge is 2.48. The van der Waals surface area contributed by atoms with Crippen LogP contribution in [0.3, 0.4) is 0 Å². The number of anilines is 2. The maximum atomic E-state index is 12.8. The average Bonchev–Trinajstić information content (AvgIpc) is 3.05. The van der Waals surface area contributed by atoms with E-state index in [1.807, 2.05) is 18.2 Å². The first kappa shape index (κ1) is 22.3. The molecule has 1 N–H and O–H groups in total. The monoisotopic (exact) mass is 465 g/mol. The van der Waals surface area contributed by atoms with Crippen LogP contribution in [0, 0.1) is 0 Å². The molecule has 3 heterocycles. The van der Waals surface area contributed by atoms with E-state index in [2.05, 4.69) is 53.7 Å². The first-order valence-electron chi connectivity index (χ1n) is 11.9. The SMILES string of the molecule is C=C1CCc2cc(OCCN3CCC4(CC3)C(=O)Nc3ccc(Cl)cc34)ccc2N1C(C)C. The Bertz CT molecular complexity index is 1090. The van der Waals surface area contributed by atoms with Gasteiger partial charge in [-0.05, 0) is 100 Å². The van der Waals surface area contributed by atoms with E-state index in [9.17, 15) is 4.79 Å². The summed E-state index contributed by atoms with van der Waals surface area (Å²) in [5.41, 5.74) is 5.30. The highest BCUT2D eigenvalue weighted by atomic mass is 35.5. The number of ether oxygens (including phenoxy) is 1. The molecule has 0 atom stereocenters. The van der Waals surface area contributed by atoms with Gasteiger partial charge in [-0.25, -0.2) is 0 Å². The molecule has 0 radical (unpaired) electrons. The van der Waals surface area contributed by atoms with Gasteiger partial charge in [-0.1, -0.05) is 18.2 Å². The third-order valence-electron chi connectivity index (χ3n) is 7.42. The van der Waals surface area contributed by atoms with Gasteiger partial charge < -0.3 is 15.0 Å². The number of halogens is 1. The smallest absolute Gasteiger partial charge is 0.235 e. The minimum absolute atomic E-state index is 0.114. The molecule has 5 nitrogen and oxygen atoms in total. The van der Waals surface area contributed by atoms with Crippen LogP contribution in [0.25, 0.3) is 0 Å². The van der Waals surface area contributed by atoms with Crippen LogP contribution in [0.15, 0.2) is 48.7 Å². The Balaban J connectivity index is 1.17. The van der Waals surface area contributed by atoms with Gasteiger partial charge in [0.15, 0.2) is 0 Å². The summed E-state index contributed by atoms with van der Waals surface area (Å²) in [5, 5.41) is 3.74. The van der Waals surface area contributed by atoms with Crippen molar-refractivity contribution in [2.24, 2.45) is 0 Å². The van der Waals surface area contributed by atoms with E-state index in [4.69, 9.17) is 16.3 Å². The fraction of sp³-hybridized carbons (Fsp3) is 0.444. The van der Waals surface area contributed by atoms with Crippen molar-refractivity contribution >= 4 is 28.9 Å². The number of nitrogens with one attached hydrogen (secondary N) is 1. The Morgan fingerprint density at radius 2 is 1.94 bits per heavy atom. The van der Waals surface area contributed by atoms with Crippen molar-refractivity contribution in [1.29, 1.82) is 0 Å². The molecule has 3 aliphatic heterocycles. The molecule has 0 aliphatic carbocycles. The van der Waals surface area contributed by atoms with E-state index in [-0.39, 0.29) is 5.91 Å². The van der Waals surface area contributed by atoms with Gasteiger partial charge in [0, 0.05) is 34.7 Å². The number of piperidine rings is 1. The first-order valence-corrected chi connectivity index (χ1v) is 12.3. The maximum Gasteiger partial charge on any atom is 0.235 e. The van der Waals surface area contributed by atoms with Gasteiger partial charge in [-0.3, -0.25) is 9.69 Å². The number of hydrogen-bond donors (Lipinski definition) is 1. The number of benzene rings is 2. The van der Waals surface area contributed by atoms with Gasteiger partial charge in [0.1, 0.15) is 12.4 Å². The summed E-state index contributed by atoms with van der Waals surface area (Å²) in [6, 6.07) is 12.5. The number of carbonyl (C=O) groups excluding carboxylic acids is 1. The van der Waals surface area contributed by atoms with Gasteiger partial charge >= 0.3 is 0 Å². The summed E-state index contributed by atoms with van der Waals surface area (Å²) in [4.78, 5) is 17.5. The maximum absolute atomic E-state index is 12.8. The van der Waals surface area contributed by atoms with Gasteiger partial charge in [-0.15, -0.1) is 0 Å². The van der Waals surface area contributed by atoms with Crippen molar-refractivity contribution in [3.8, 4) is 5.75 Å². The Morgan fingerprint density at radius 3 is 2.70 bits per heavy atom. The topological polar surface area (TPSA) is 44.8 Å². The van der Waals surface area contributed by atoms with E-state index in [0.717, 1.165) is 62.3 Å². The summed E-state index contributed by atoms with van der Waals surface area (Å²) in [7, 11) is 0. The Labute approximate surface area is 201 Å². The second kappa shape index (κ2) is 8.69. The standard InChI is InChI=1S/C27H32ClN3O2/c1-18(2)31-19(3)4-5-20-16-22(7-9-25(20)31)33-15-14-30-12-10-27(11-13-30)23-17-21(28)6-8-24(23)29-26(27)32/h6-9,16-18H,3-5,10-15H2,1-2H3,(H,29,32). The van der Waals surface area contributed by atoms with Crippen LogP contribution in [-0.4, -0.2) is 43.1 Å². The second-order valence-electron chi connectivity index (χ2n) is 9.74. The van der Waals surface area contributed by atoms with Crippen LogP contribution >= 0.6 is 11.6 Å². The number of rotatable bonds is 5. The minimum Gasteiger partial charge on any atom is -0.492 e. The van der Waals surface area contributed by atoms with E-state index in [0.29, 0.717) is 17.7 Å². The molecule has 6 heteroatoms. The number of aryl methyl sites for hydroxylation is 1. The molecule has 5 rings (SSSR count). The largest absolute Gasteiger partial charge is 0.492 e. The number of hydrogen-bond acceptors (Lipinski definition) is 4. The van der Waals surface area contributed by atoms with Crippen LogP contribution in [0.4, 0.5) is 11.4 Å². The summed E-state index contributed by atoms with van der Waals surface area (Å²) in [5.74, 6) is 1.04. The molecule has 0 bridgehead atoms. The molecule has 2 aromatic rings. The number of nitrogens with zero attached hydrogens (tertiary/aromatic N) is 2. The molecule has 0 unspecified atom stereocenters. The van der Waals surface area contributed by atoms with E-state index >= 15 is 0 Å². The minimum atomic E-state index is -0.442. The molecule has 2 aromatic carbocycles. The summed E-state index contributed by atoms with van der Waals surface area (Å²) in [6.45, 7) is 11.9. The van der Waals surface area contributed by atoms with E-state index in [1.165, 1.54) is 16.9 Å². The summed E-state index contributed by atoms with van der Waals surface area (Å²) < 4.78 is 6.13. The van der Waals surface area contributed by atoms with E-state index < -0.39 is 5.41 Å². The number of amides is 1. The lowest BCUT2D eigenvalue weighted by Gasteiger charge is -2.38. The van der Waals surface area contributed by atoms with Crippen LogP contribution in [0.5, 0.6) is 5.75 Å². The zero-order valence-electron chi connectivity index (χ0n) is 19.5. The zero-order chi connectivity index (χ0) is 23.2. The number of likely N-dealkylation sites (tertiary alicyclic amines) is 1. The molecule has 0 saturated carbocycles. The van der Waals surface area contributed by atoms with Crippen molar-refractivity contribution < 1.29 is 9.53 Å². The molecule has 1 spiro atoms. The molecule has 1 amide bonds. The predicted octanol–water partition coefficient (Wildman–Crippen LogP) is 5.38. The van der Waals surface area contributed by atoms with Crippen molar-refractivity contribution in [2.75, 3.05) is 36.5 Å². The normalized spacial score (nSPS) is 19.6. The lowest BCUT2D eigenvalue weighted by Crippen LogP contribution is -2.47. The molecule has 0 aromatic heterocycles. The number of allylic oxidation sites excluding steroid dienone is 1. The van der Waals surface area contributed by atoms with Crippen LogP contribution in [0.1, 0.15) is 44.2 Å². The molecule has 174 valence electrons. The number of carbonyl (C=O) groups is 1. The number of fused-ring (bicyclic) bond motifs is 3. The van der Waals surface area contributed by atoms with Crippen LogP contribution < -0.4 is 15.0 Å². The van der Waals surface area contributed by atoms with Gasteiger partial charge in [-0.2, -0.15) is 0 Å². The summed E-state index contributed by atoms with van der Waals surface area (Å²) in [6.07, 6.45) is 3.61. The molecule has 3 aliphatic rings. The summed E-state index contributed by atoms with van der Waals surface area (Å²) >= 11 is 6.23. The highest BCUT2D eigenvalue weighted by Crippen LogP contribution is 2.45. The highest BCUT2D eigenvalue weighted by molar-refractivity contribution is 6.31. The van der Waals surface area contributed by atoms with Crippen LogP contribution in [0.2, 0.25) is 5.02 Å². The fourth-order valence-corrected chi connectivity index (χ4v) is 5.81. The molecule has 1 saturated heterocycles. The Morgan fingerprint density at radius 1 is 1.15 bits per heavy atom. The van der Waals surface area contributed by atoms with Gasteiger partial charge in [0.25, 0.3) is 0 Å². The average molecular weight is 466 g/mol. The predicted molar refractivity (Wildman–Crippen MR) is 134 cm³/mol. The van der Waals surface area contributed by atoms with Crippen molar-refractivity contribution in [3.63, 3.8) is 0 Å². The van der Waals surface area contributed by atoms with E-state index in [1.54, 1.807) is 0 Å². The zero-order valence-corrected chi connectivity index (χ0v) is 20.3. The third-order valence-corrected chi connectivity index (χ3v) is 7.65. The van der Waals surface area contributed by atoms with Crippen molar-refractivity contribution in [1.82, 2.24) is 4.90 Å². The fourth-order valence-electron chi connectivity index (χ4n) is 5.63. The third kappa shape index (κ3) is 4.02.